The molecule has 2 fully saturated rings. The Morgan fingerprint density at radius 3 is 1.73 bits per heavy atom. The molecule has 0 spiro atoms. The average molecular weight is 893 g/mol. The topological polar surface area (TPSA) is 207 Å². The van der Waals surface area contributed by atoms with Crippen LogP contribution in [0.3, 0.4) is 0 Å². The molecule has 2 amide bonds. The fourth-order valence-corrected chi connectivity index (χ4v) is 9.05. The van der Waals surface area contributed by atoms with Gasteiger partial charge in [-0.25, -0.2) is 29.3 Å². The van der Waals surface area contributed by atoms with Gasteiger partial charge in [-0.3, -0.25) is 9.59 Å². The van der Waals surface area contributed by atoms with Gasteiger partial charge in [-0.05, 0) is 117 Å². The number of carbonyl (C=O) groups excluding carboxylic acids is 2. The van der Waals surface area contributed by atoms with E-state index in [1.165, 1.54) is 18.7 Å². The first kappa shape index (κ1) is 42.5. The van der Waals surface area contributed by atoms with Crippen molar-refractivity contribution in [3.8, 4) is 45.5 Å². The molecule has 16 heteroatoms. The summed E-state index contributed by atoms with van der Waals surface area (Å²) in [6.45, 7) is 4.66. The van der Waals surface area contributed by atoms with Gasteiger partial charge < -0.3 is 31.2 Å². The van der Waals surface area contributed by atoms with Gasteiger partial charge in [0.25, 0.3) is 0 Å². The quantitative estimate of drug-likeness (QED) is 0.0985. The molecule has 1 aliphatic heterocycles. The lowest BCUT2D eigenvalue weighted by Crippen LogP contribution is -2.38. The number of amides is 2. The van der Waals surface area contributed by atoms with Crippen LogP contribution in [0.2, 0.25) is 0 Å². The van der Waals surface area contributed by atoms with Crippen molar-refractivity contribution in [2.75, 3.05) is 24.6 Å². The molecule has 4 aromatic heterocycles. The van der Waals surface area contributed by atoms with Crippen LogP contribution in [0.4, 0.5) is 11.6 Å². The summed E-state index contributed by atoms with van der Waals surface area (Å²) in [5.74, 6) is 3.14. The number of fused-ring (bicyclic) bond motifs is 2. The van der Waals surface area contributed by atoms with Crippen LogP contribution in [0.1, 0.15) is 56.2 Å². The second-order valence-electron chi connectivity index (χ2n) is 16.7. The number of rotatable bonds is 12. The van der Waals surface area contributed by atoms with E-state index in [1.54, 1.807) is 12.2 Å². The van der Waals surface area contributed by atoms with Crippen LogP contribution in [-0.4, -0.2) is 75.3 Å². The smallest absolute Gasteiger partial charge is 0.246 e. The molecular weight excluding hydrogens is 845 g/mol. The minimum absolute atomic E-state index is 0.00384. The van der Waals surface area contributed by atoms with Crippen LogP contribution in [0, 0.1) is 0 Å². The molecule has 10 rings (SSSR count). The maximum Gasteiger partial charge on any atom is 0.246 e. The number of nitrogens with one attached hydrogen (secondary N) is 1. The van der Waals surface area contributed by atoms with Crippen molar-refractivity contribution in [2.45, 2.75) is 56.7 Å². The molecule has 0 bridgehead atoms. The zero-order valence-corrected chi connectivity index (χ0v) is 36.6. The van der Waals surface area contributed by atoms with Gasteiger partial charge in [0.05, 0.1) is 22.9 Å². The number of benzene rings is 4. The molecule has 5 heterocycles. The summed E-state index contributed by atoms with van der Waals surface area (Å²) in [6, 6.07) is 32.8. The highest BCUT2D eigenvalue weighted by atomic mass is 16.5. The third-order valence-corrected chi connectivity index (χ3v) is 12.5. The largest absolute Gasteiger partial charge is 0.457 e. The highest BCUT2D eigenvalue weighted by molar-refractivity contribution is 5.99. The SMILES string of the molecule is C=CC(=O)NC1CCC(n2nc(-c3ccc(Oc4ccccc4/C=C\C(=O)N4CCC(n5nc(-c6ccc(Oc7ccccc7)cc6)c6c(N)ncnc65)CC4)cc3)c3c(N)ncnc32)CC1. The van der Waals surface area contributed by atoms with E-state index >= 15 is 0 Å². The van der Waals surface area contributed by atoms with E-state index in [1.807, 2.05) is 117 Å². The van der Waals surface area contributed by atoms with E-state index in [0.29, 0.717) is 88.3 Å². The summed E-state index contributed by atoms with van der Waals surface area (Å²) in [5.41, 5.74) is 18.1. The summed E-state index contributed by atoms with van der Waals surface area (Å²) >= 11 is 0. The molecule has 0 radical (unpaired) electrons. The van der Waals surface area contributed by atoms with E-state index in [9.17, 15) is 9.59 Å². The zero-order valence-electron chi connectivity index (χ0n) is 36.6. The Hall–Kier alpha value is -8.40. The molecule has 0 atom stereocenters. The third-order valence-electron chi connectivity index (χ3n) is 12.5. The number of para-hydroxylation sites is 2. The minimum atomic E-state index is -0.157. The third kappa shape index (κ3) is 8.88. The fraction of sp³-hybridized carbons (Fsp3) is 0.216. The predicted molar refractivity (Wildman–Crippen MR) is 257 cm³/mol. The first-order chi connectivity index (χ1) is 32.8. The molecule has 16 nitrogen and oxygen atoms in total. The lowest BCUT2D eigenvalue weighted by molar-refractivity contribution is -0.127. The van der Waals surface area contributed by atoms with Crippen molar-refractivity contribution in [1.29, 1.82) is 0 Å². The van der Waals surface area contributed by atoms with Crippen LogP contribution >= 0.6 is 0 Å². The molecular formula is C51H48N12O4. The number of likely N-dealkylation sites (tertiary alicyclic amines) is 1. The van der Waals surface area contributed by atoms with E-state index in [-0.39, 0.29) is 29.9 Å². The van der Waals surface area contributed by atoms with E-state index in [2.05, 4.69) is 31.8 Å². The first-order valence-corrected chi connectivity index (χ1v) is 22.4. The van der Waals surface area contributed by atoms with Crippen molar-refractivity contribution in [3.63, 3.8) is 0 Å². The molecule has 8 aromatic rings. The number of ether oxygens (including phenoxy) is 2. The average Bonchev–Trinajstić information content (AvgIpc) is 3.96. The standard InChI is InChI=1S/C51H48N12O4/c1-2-42(64)58-35-17-19-36(20-18-35)62-50-44(48(52)54-30-56-50)46(59-62)34-14-23-40(24-15-34)67-41-11-7-6-8-32(41)16-25-43(65)61-28-26-37(27-29-61)63-51-45(49(53)55-31-57-51)47(60-63)33-12-21-39(22-13-33)66-38-9-4-3-5-10-38/h2-16,21-25,30-31,35-37H,1,17-20,26-29H2,(H,58,64)(H2,52,54,56)(H2,53,55,57)/b25-16-. The lowest BCUT2D eigenvalue weighted by Gasteiger charge is -2.31. The number of carbonyl (C=O) groups is 2. The van der Waals surface area contributed by atoms with Crippen molar-refractivity contribution < 1.29 is 19.1 Å². The number of nitrogen functional groups attached to an aromatic ring is 2. The predicted octanol–water partition coefficient (Wildman–Crippen LogP) is 8.71. The Kier molecular flexibility index (Phi) is 11.8. The molecule has 1 saturated carbocycles. The van der Waals surface area contributed by atoms with Crippen LogP contribution in [0.5, 0.6) is 23.0 Å². The lowest BCUT2D eigenvalue weighted by atomic mass is 9.91. The van der Waals surface area contributed by atoms with Gasteiger partial charge in [-0.1, -0.05) is 43.0 Å². The maximum atomic E-state index is 13.6. The molecule has 1 aliphatic carbocycles. The highest BCUT2D eigenvalue weighted by Crippen LogP contribution is 2.38. The van der Waals surface area contributed by atoms with Gasteiger partial charge in [-0.2, -0.15) is 10.2 Å². The molecule has 5 N–H and O–H groups in total. The number of anilines is 2. The fourth-order valence-electron chi connectivity index (χ4n) is 9.05. The molecule has 67 heavy (non-hydrogen) atoms. The summed E-state index contributed by atoms with van der Waals surface area (Å²) in [5, 5.41) is 14.5. The van der Waals surface area contributed by atoms with Gasteiger partial charge in [-0.15, -0.1) is 0 Å². The molecule has 0 unspecified atom stereocenters. The van der Waals surface area contributed by atoms with E-state index < -0.39 is 0 Å². The van der Waals surface area contributed by atoms with Crippen molar-refractivity contribution in [2.24, 2.45) is 0 Å². The van der Waals surface area contributed by atoms with Crippen molar-refractivity contribution >= 4 is 51.6 Å². The summed E-state index contributed by atoms with van der Waals surface area (Å²) in [4.78, 5) is 45.1. The second-order valence-corrected chi connectivity index (χ2v) is 16.7. The van der Waals surface area contributed by atoms with Crippen molar-refractivity contribution in [1.82, 2.24) is 49.7 Å². The Bertz CT molecular complexity index is 3110. The van der Waals surface area contributed by atoms with E-state index in [0.717, 1.165) is 48.1 Å². The van der Waals surface area contributed by atoms with Gasteiger partial charge >= 0.3 is 0 Å². The Labute approximate surface area is 386 Å². The monoisotopic (exact) mass is 892 g/mol. The van der Waals surface area contributed by atoms with Gasteiger partial charge in [0.2, 0.25) is 11.8 Å². The Balaban J connectivity index is 0.792. The number of piperidine rings is 1. The summed E-state index contributed by atoms with van der Waals surface area (Å²) in [6.07, 6.45) is 12.3. The minimum Gasteiger partial charge on any atom is -0.457 e. The Morgan fingerprint density at radius 2 is 1.15 bits per heavy atom. The van der Waals surface area contributed by atoms with Crippen LogP contribution in [0.15, 0.2) is 135 Å². The number of hydrogen-bond donors (Lipinski definition) is 3. The number of nitrogens with zero attached hydrogens (tertiary/aromatic N) is 9. The van der Waals surface area contributed by atoms with E-state index in [4.69, 9.17) is 31.1 Å². The number of hydrogen-bond acceptors (Lipinski definition) is 12. The summed E-state index contributed by atoms with van der Waals surface area (Å²) in [7, 11) is 0. The molecule has 2 aliphatic rings. The first-order valence-electron chi connectivity index (χ1n) is 22.4. The zero-order chi connectivity index (χ0) is 45.9. The highest BCUT2D eigenvalue weighted by Gasteiger charge is 2.29. The molecule has 4 aromatic carbocycles. The summed E-state index contributed by atoms with van der Waals surface area (Å²) < 4.78 is 16.3. The van der Waals surface area contributed by atoms with Gasteiger partial charge in [0.1, 0.15) is 58.7 Å². The maximum absolute atomic E-state index is 13.6. The van der Waals surface area contributed by atoms with Crippen LogP contribution in [-0.2, 0) is 9.59 Å². The number of aromatic nitrogens is 8. The van der Waals surface area contributed by atoms with Crippen LogP contribution in [0.25, 0.3) is 50.7 Å². The number of nitrogens with two attached hydrogens (primary N) is 2. The second kappa shape index (κ2) is 18.6. The molecule has 1 saturated heterocycles. The Morgan fingerprint density at radius 1 is 0.627 bits per heavy atom. The van der Waals surface area contributed by atoms with Gasteiger partial charge in [0.15, 0.2) is 11.3 Å². The molecule has 336 valence electrons. The normalized spacial score (nSPS) is 16.6. The van der Waals surface area contributed by atoms with Crippen molar-refractivity contribution in [3.05, 3.63) is 140 Å². The van der Waals surface area contributed by atoms with Gasteiger partial charge in [0, 0.05) is 41.9 Å². The van der Waals surface area contributed by atoms with Crippen LogP contribution < -0.4 is 26.3 Å².